The standard InChI is InChI=1S/C18H15ClFN/c19-16-9-4-10-17(20)15(16)11-18(21)14-8-3-6-12-5-1-2-7-13(12)14/h1-10,18H,11,21H2. The summed E-state index contributed by atoms with van der Waals surface area (Å²) < 4.78 is 13.9. The van der Waals surface area contributed by atoms with Gasteiger partial charge in [0.1, 0.15) is 5.82 Å². The van der Waals surface area contributed by atoms with Gasteiger partial charge in [-0.05, 0) is 34.9 Å². The van der Waals surface area contributed by atoms with Crippen LogP contribution in [0.25, 0.3) is 10.8 Å². The molecule has 1 atom stereocenters. The summed E-state index contributed by atoms with van der Waals surface area (Å²) in [4.78, 5) is 0. The molecule has 1 nitrogen and oxygen atoms in total. The van der Waals surface area contributed by atoms with Crippen LogP contribution in [0.2, 0.25) is 5.02 Å². The van der Waals surface area contributed by atoms with E-state index in [0.29, 0.717) is 17.0 Å². The Balaban J connectivity index is 2.00. The molecule has 106 valence electrons. The molecule has 0 radical (unpaired) electrons. The normalized spacial score (nSPS) is 12.5. The van der Waals surface area contributed by atoms with E-state index in [1.54, 1.807) is 12.1 Å². The minimum Gasteiger partial charge on any atom is -0.324 e. The van der Waals surface area contributed by atoms with Gasteiger partial charge < -0.3 is 5.73 Å². The molecular formula is C18H15ClFN. The van der Waals surface area contributed by atoms with E-state index in [1.165, 1.54) is 6.07 Å². The van der Waals surface area contributed by atoms with Gasteiger partial charge in [0, 0.05) is 16.6 Å². The zero-order chi connectivity index (χ0) is 14.8. The molecule has 0 heterocycles. The topological polar surface area (TPSA) is 26.0 Å². The van der Waals surface area contributed by atoms with E-state index >= 15 is 0 Å². The number of nitrogens with two attached hydrogens (primary N) is 1. The highest BCUT2D eigenvalue weighted by atomic mass is 35.5. The Kier molecular flexibility index (Phi) is 3.91. The number of halogens is 2. The molecule has 2 N–H and O–H groups in total. The molecule has 3 rings (SSSR count). The molecule has 0 aliphatic carbocycles. The van der Waals surface area contributed by atoms with E-state index in [4.69, 9.17) is 17.3 Å². The molecule has 0 aliphatic rings. The third kappa shape index (κ3) is 2.78. The van der Waals surface area contributed by atoms with Crippen molar-refractivity contribution in [3.63, 3.8) is 0 Å². The van der Waals surface area contributed by atoms with Gasteiger partial charge in [0.05, 0.1) is 0 Å². The first-order valence-electron chi connectivity index (χ1n) is 6.83. The molecule has 0 aliphatic heterocycles. The largest absolute Gasteiger partial charge is 0.324 e. The van der Waals surface area contributed by atoms with Gasteiger partial charge in [0.25, 0.3) is 0 Å². The molecule has 0 saturated carbocycles. The number of benzene rings is 3. The van der Waals surface area contributed by atoms with Crippen LogP contribution in [0.3, 0.4) is 0 Å². The maximum Gasteiger partial charge on any atom is 0.127 e. The number of rotatable bonds is 3. The lowest BCUT2D eigenvalue weighted by Gasteiger charge is -2.16. The van der Waals surface area contributed by atoms with Gasteiger partial charge in [-0.1, -0.05) is 60.1 Å². The number of hydrogen-bond donors (Lipinski definition) is 1. The molecule has 3 aromatic carbocycles. The molecule has 0 saturated heterocycles. The second-order valence-electron chi connectivity index (χ2n) is 5.08. The maximum absolute atomic E-state index is 13.9. The summed E-state index contributed by atoms with van der Waals surface area (Å²) in [5.41, 5.74) is 7.78. The van der Waals surface area contributed by atoms with Crippen molar-refractivity contribution < 1.29 is 4.39 Å². The van der Waals surface area contributed by atoms with E-state index in [-0.39, 0.29) is 11.9 Å². The summed E-state index contributed by atoms with van der Waals surface area (Å²) in [5.74, 6) is -0.307. The summed E-state index contributed by atoms with van der Waals surface area (Å²) in [6.07, 6.45) is 0.375. The fourth-order valence-corrected chi connectivity index (χ4v) is 2.87. The van der Waals surface area contributed by atoms with E-state index in [1.807, 2.05) is 42.5 Å². The second-order valence-corrected chi connectivity index (χ2v) is 5.49. The highest BCUT2D eigenvalue weighted by molar-refractivity contribution is 6.31. The van der Waals surface area contributed by atoms with Crippen molar-refractivity contribution in [2.75, 3.05) is 0 Å². The highest BCUT2D eigenvalue weighted by Gasteiger charge is 2.15. The van der Waals surface area contributed by atoms with Crippen molar-refractivity contribution >= 4 is 22.4 Å². The van der Waals surface area contributed by atoms with Crippen LogP contribution in [0.5, 0.6) is 0 Å². The first kappa shape index (κ1) is 14.1. The molecular weight excluding hydrogens is 285 g/mol. The first-order valence-corrected chi connectivity index (χ1v) is 7.21. The predicted molar refractivity (Wildman–Crippen MR) is 86.0 cm³/mol. The quantitative estimate of drug-likeness (QED) is 0.733. The summed E-state index contributed by atoms with van der Waals surface area (Å²) in [6, 6.07) is 18.5. The van der Waals surface area contributed by atoms with Crippen LogP contribution in [-0.2, 0) is 6.42 Å². The third-order valence-corrected chi connectivity index (χ3v) is 4.06. The van der Waals surface area contributed by atoms with Crippen LogP contribution in [0.15, 0.2) is 60.7 Å². The fraction of sp³-hybridized carbons (Fsp3) is 0.111. The van der Waals surface area contributed by atoms with Crippen molar-refractivity contribution in [3.05, 3.63) is 82.6 Å². The third-order valence-electron chi connectivity index (χ3n) is 3.71. The summed E-state index contributed by atoms with van der Waals surface area (Å²) in [5, 5.41) is 2.65. The molecule has 3 heteroatoms. The van der Waals surface area contributed by atoms with Gasteiger partial charge in [-0.3, -0.25) is 0 Å². The van der Waals surface area contributed by atoms with Crippen LogP contribution in [0.4, 0.5) is 4.39 Å². The Bertz CT molecular complexity index is 760. The van der Waals surface area contributed by atoms with Crippen LogP contribution < -0.4 is 5.73 Å². The maximum atomic E-state index is 13.9. The summed E-state index contributed by atoms with van der Waals surface area (Å²) in [6.45, 7) is 0. The average Bonchev–Trinajstić information content (AvgIpc) is 2.50. The van der Waals surface area contributed by atoms with Gasteiger partial charge in [-0.2, -0.15) is 0 Å². The van der Waals surface area contributed by atoms with Crippen LogP contribution >= 0.6 is 11.6 Å². The lowest BCUT2D eigenvalue weighted by molar-refractivity contribution is 0.594. The molecule has 1 unspecified atom stereocenters. The molecule has 0 aromatic heterocycles. The van der Waals surface area contributed by atoms with Gasteiger partial charge in [0.15, 0.2) is 0 Å². The average molecular weight is 300 g/mol. The highest BCUT2D eigenvalue weighted by Crippen LogP contribution is 2.28. The molecule has 0 amide bonds. The van der Waals surface area contributed by atoms with Gasteiger partial charge >= 0.3 is 0 Å². The summed E-state index contributed by atoms with van der Waals surface area (Å²) in [7, 11) is 0. The minimum atomic E-state index is -0.307. The molecule has 3 aromatic rings. The molecule has 0 spiro atoms. The zero-order valence-corrected chi connectivity index (χ0v) is 12.1. The Labute approximate surface area is 128 Å². The fourth-order valence-electron chi connectivity index (χ4n) is 2.63. The Morgan fingerprint density at radius 2 is 1.67 bits per heavy atom. The lowest BCUT2D eigenvalue weighted by atomic mass is 9.94. The van der Waals surface area contributed by atoms with Crippen molar-refractivity contribution in [2.45, 2.75) is 12.5 Å². The second kappa shape index (κ2) is 5.84. The number of fused-ring (bicyclic) bond motifs is 1. The molecule has 0 fully saturated rings. The predicted octanol–water partition coefficient (Wildman–Crippen LogP) is 4.87. The van der Waals surface area contributed by atoms with E-state index in [0.717, 1.165) is 16.3 Å². The van der Waals surface area contributed by atoms with E-state index in [2.05, 4.69) is 0 Å². The monoisotopic (exact) mass is 299 g/mol. The first-order chi connectivity index (χ1) is 10.2. The van der Waals surface area contributed by atoms with Gasteiger partial charge in [-0.15, -0.1) is 0 Å². The lowest BCUT2D eigenvalue weighted by Crippen LogP contribution is -2.15. The van der Waals surface area contributed by atoms with E-state index in [9.17, 15) is 4.39 Å². The van der Waals surface area contributed by atoms with Crippen LogP contribution in [0, 0.1) is 5.82 Å². The molecule has 21 heavy (non-hydrogen) atoms. The SMILES string of the molecule is NC(Cc1c(F)cccc1Cl)c1cccc2ccccc12. The number of hydrogen-bond acceptors (Lipinski definition) is 1. The minimum absolute atomic E-state index is 0.300. The van der Waals surface area contributed by atoms with Crippen molar-refractivity contribution in [3.8, 4) is 0 Å². The van der Waals surface area contributed by atoms with Gasteiger partial charge in [-0.25, -0.2) is 4.39 Å². The van der Waals surface area contributed by atoms with Crippen LogP contribution in [0.1, 0.15) is 17.2 Å². The van der Waals surface area contributed by atoms with Gasteiger partial charge in [0.2, 0.25) is 0 Å². The van der Waals surface area contributed by atoms with Crippen LogP contribution in [-0.4, -0.2) is 0 Å². The van der Waals surface area contributed by atoms with Crippen molar-refractivity contribution in [1.82, 2.24) is 0 Å². The zero-order valence-electron chi connectivity index (χ0n) is 11.4. The molecule has 0 bridgehead atoms. The Morgan fingerprint density at radius 3 is 2.48 bits per heavy atom. The Morgan fingerprint density at radius 1 is 0.952 bits per heavy atom. The van der Waals surface area contributed by atoms with Crippen molar-refractivity contribution in [1.29, 1.82) is 0 Å². The van der Waals surface area contributed by atoms with E-state index < -0.39 is 0 Å². The summed E-state index contributed by atoms with van der Waals surface area (Å²) >= 11 is 6.08. The smallest absolute Gasteiger partial charge is 0.127 e. The Hall–Kier alpha value is -1.90. The van der Waals surface area contributed by atoms with Crippen molar-refractivity contribution in [2.24, 2.45) is 5.73 Å².